The van der Waals surface area contributed by atoms with E-state index >= 15 is 0 Å². The number of hydrogen-bond donors (Lipinski definition) is 0. The van der Waals surface area contributed by atoms with Crippen LogP contribution in [0.4, 0.5) is 0 Å². The lowest BCUT2D eigenvalue weighted by Crippen LogP contribution is -2.50. The molecule has 1 aliphatic heterocycles. The Kier molecular flexibility index (Phi) is 3.19. The van der Waals surface area contributed by atoms with Crippen molar-refractivity contribution >= 4 is 5.91 Å². The van der Waals surface area contributed by atoms with Crippen molar-refractivity contribution in [2.24, 2.45) is 0 Å². The molecule has 2 rings (SSSR count). The van der Waals surface area contributed by atoms with Crippen LogP contribution in [0.5, 0.6) is 0 Å². The van der Waals surface area contributed by atoms with E-state index < -0.39 is 0 Å². The number of ether oxygens (including phenoxy) is 1. The van der Waals surface area contributed by atoms with Crippen LogP contribution >= 0.6 is 0 Å². The summed E-state index contributed by atoms with van der Waals surface area (Å²) >= 11 is 0. The first-order valence-corrected chi connectivity index (χ1v) is 5.52. The molecule has 1 aliphatic rings. The number of rotatable bonds is 1. The van der Waals surface area contributed by atoms with E-state index in [0.717, 1.165) is 0 Å². The van der Waals surface area contributed by atoms with Crippen LogP contribution in [0.15, 0.2) is 24.4 Å². The Morgan fingerprint density at radius 3 is 3.00 bits per heavy atom. The molecule has 2 heterocycles. The Labute approximate surface area is 95.2 Å². The minimum Gasteiger partial charge on any atom is -0.375 e. The molecule has 1 fully saturated rings. The smallest absolute Gasteiger partial charge is 0.272 e. The average molecular weight is 220 g/mol. The number of carbonyl (C=O) groups is 1. The van der Waals surface area contributed by atoms with E-state index in [1.807, 2.05) is 30.9 Å². The molecule has 0 radical (unpaired) electrons. The molecule has 0 N–H and O–H groups in total. The summed E-state index contributed by atoms with van der Waals surface area (Å²) in [6.07, 6.45) is 1.74. The zero-order chi connectivity index (χ0) is 11.5. The summed E-state index contributed by atoms with van der Waals surface area (Å²) in [5.41, 5.74) is 0.503. The Bertz CT molecular complexity index is 367. The quantitative estimate of drug-likeness (QED) is 0.717. The van der Waals surface area contributed by atoms with Gasteiger partial charge in [-0.25, -0.2) is 0 Å². The summed E-state index contributed by atoms with van der Waals surface area (Å²) in [7, 11) is 0. The summed E-state index contributed by atoms with van der Waals surface area (Å²) in [4.78, 5) is 18.1. The van der Waals surface area contributed by atoms with E-state index in [0.29, 0.717) is 18.8 Å². The van der Waals surface area contributed by atoms with E-state index in [1.165, 1.54) is 0 Å². The molecule has 2 unspecified atom stereocenters. The van der Waals surface area contributed by atoms with Crippen LogP contribution in [0, 0.1) is 0 Å². The van der Waals surface area contributed by atoms with E-state index in [9.17, 15) is 4.79 Å². The van der Waals surface area contributed by atoms with Crippen LogP contribution in [0.2, 0.25) is 0 Å². The van der Waals surface area contributed by atoms with Gasteiger partial charge in [0.25, 0.3) is 5.91 Å². The maximum absolute atomic E-state index is 12.2. The van der Waals surface area contributed by atoms with E-state index in [-0.39, 0.29) is 18.1 Å². The monoisotopic (exact) mass is 220 g/mol. The first-order valence-electron chi connectivity index (χ1n) is 5.52. The Morgan fingerprint density at radius 2 is 2.31 bits per heavy atom. The molecule has 1 saturated heterocycles. The number of hydrogen-bond acceptors (Lipinski definition) is 3. The largest absolute Gasteiger partial charge is 0.375 e. The average Bonchev–Trinajstić information content (AvgIpc) is 2.32. The van der Waals surface area contributed by atoms with Crippen LogP contribution in [0.1, 0.15) is 24.3 Å². The molecule has 16 heavy (non-hydrogen) atoms. The number of aromatic nitrogens is 1. The highest BCUT2D eigenvalue weighted by Gasteiger charge is 2.28. The molecule has 1 amide bonds. The molecular formula is C12H16N2O2. The molecule has 1 aromatic heterocycles. The third-order valence-corrected chi connectivity index (χ3v) is 2.75. The highest BCUT2D eigenvalue weighted by atomic mass is 16.5. The van der Waals surface area contributed by atoms with Crippen molar-refractivity contribution in [2.75, 3.05) is 13.2 Å². The van der Waals surface area contributed by atoms with Gasteiger partial charge in [-0.2, -0.15) is 0 Å². The summed E-state index contributed by atoms with van der Waals surface area (Å²) in [5, 5.41) is 0. The molecule has 0 aromatic carbocycles. The van der Waals surface area contributed by atoms with Gasteiger partial charge in [-0.1, -0.05) is 6.07 Å². The molecule has 0 saturated carbocycles. The third-order valence-electron chi connectivity index (χ3n) is 2.75. The van der Waals surface area contributed by atoms with Crippen molar-refractivity contribution in [3.8, 4) is 0 Å². The zero-order valence-electron chi connectivity index (χ0n) is 9.59. The normalized spacial score (nSPS) is 25.5. The van der Waals surface area contributed by atoms with Crippen LogP contribution in [0.25, 0.3) is 0 Å². The van der Waals surface area contributed by atoms with Gasteiger partial charge in [0, 0.05) is 12.7 Å². The van der Waals surface area contributed by atoms with Gasteiger partial charge >= 0.3 is 0 Å². The fourth-order valence-corrected chi connectivity index (χ4v) is 1.82. The first-order chi connectivity index (χ1) is 7.68. The van der Waals surface area contributed by atoms with Crippen molar-refractivity contribution in [3.05, 3.63) is 30.1 Å². The van der Waals surface area contributed by atoms with Crippen LogP contribution in [-0.2, 0) is 4.74 Å². The van der Waals surface area contributed by atoms with Gasteiger partial charge in [0.2, 0.25) is 0 Å². The molecule has 2 atom stereocenters. The molecule has 86 valence electrons. The van der Waals surface area contributed by atoms with Gasteiger partial charge in [0.15, 0.2) is 0 Å². The number of nitrogens with zero attached hydrogens (tertiary/aromatic N) is 2. The lowest BCUT2D eigenvalue weighted by Gasteiger charge is -2.36. The number of carbonyl (C=O) groups excluding carboxylic acids is 1. The van der Waals surface area contributed by atoms with Crippen LogP contribution < -0.4 is 0 Å². The van der Waals surface area contributed by atoms with Gasteiger partial charge in [0.05, 0.1) is 18.8 Å². The molecule has 1 aromatic rings. The molecule has 0 spiro atoms. The van der Waals surface area contributed by atoms with E-state index in [1.54, 1.807) is 12.3 Å². The molecular weight excluding hydrogens is 204 g/mol. The number of morpholine rings is 1. The second-order valence-corrected chi connectivity index (χ2v) is 4.17. The predicted octanol–water partition coefficient (Wildman–Crippen LogP) is 1.33. The highest BCUT2D eigenvalue weighted by molar-refractivity contribution is 5.92. The molecule has 0 bridgehead atoms. The molecule has 0 aliphatic carbocycles. The predicted molar refractivity (Wildman–Crippen MR) is 60.1 cm³/mol. The number of pyridine rings is 1. The Balaban J connectivity index is 2.15. The van der Waals surface area contributed by atoms with Crippen molar-refractivity contribution in [3.63, 3.8) is 0 Å². The minimum atomic E-state index is -0.0109. The van der Waals surface area contributed by atoms with E-state index in [2.05, 4.69) is 4.98 Å². The van der Waals surface area contributed by atoms with Crippen molar-refractivity contribution in [1.29, 1.82) is 0 Å². The standard InChI is InChI=1S/C12H16N2O2/c1-9-8-16-10(2)7-14(9)12(15)11-5-3-4-6-13-11/h3-6,9-10H,7-8H2,1-2H3. The van der Waals surface area contributed by atoms with Crippen molar-refractivity contribution in [1.82, 2.24) is 9.88 Å². The van der Waals surface area contributed by atoms with Crippen molar-refractivity contribution in [2.45, 2.75) is 26.0 Å². The minimum absolute atomic E-state index is 0.0109. The van der Waals surface area contributed by atoms with Gasteiger partial charge in [0.1, 0.15) is 5.69 Å². The first kappa shape index (κ1) is 11.1. The lowest BCUT2D eigenvalue weighted by atomic mass is 10.2. The van der Waals surface area contributed by atoms with Gasteiger partial charge < -0.3 is 9.64 Å². The lowest BCUT2D eigenvalue weighted by molar-refractivity contribution is -0.0389. The summed E-state index contributed by atoms with van der Waals surface area (Å²) in [6, 6.07) is 5.50. The third kappa shape index (κ3) is 2.22. The second kappa shape index (κ2) is 4.61. The van der Waals surface area contributed by atoms with E-state index in [4.69, 9.17) is 4.74 Å². The fourth-order valence-electron chi connectivity index (χ4n) is 1.82. The Morgan fingerprint density at radius 1 is 1.50 bits per heavy atom. The number of amides is 1. The van der Waals surface area contributed by atoms with Crippen LogP contribution in [0.3, 0.4) is 0 Å². The SMILES string of the molecule is CC1CN(C(=O)c2ccccn2)C(C)CO1. The van der Waals surface area contributed by atoms with Gasteiger partial charge in [-0.15, -0.1) is 0 Å². The topological polar surface area (TPSA) is 42.4 Å². The molecule has 4 heteroatoms. The molecule has 4 nitrogen and oxygen atoms in total. The summed E-state index contributed by atoms with van der Waals surface area (Å²) in [6.45, 7) is 5.20. The zero-order valence-corrected chi connectivity index (χ0v) is 9.59. The van der Waals surface area contributed by atoms with Crippen LogP contribution in [-0.4, -0.2) is 41.1 Å². The maximum atomic E-state index is 12.2. The highest BCUT2D eigenvalue weighted by Crippen LogP contribution is 2.14. The Hall–Kier alpha value is -1.42. The van der Waals surface area contributed by atoms with Gasteiger partial charge in [-0.05, 0) is 26.0 Å². The fraction of sp³-hybridized carbons (Fsp3) is 0.500. The second-order valence-electron chi connectivity index (χ2n) is 4.17. The van der Waals surface area contributed by atoms with Crippen molar-refractivity contribution < 1.29 is 9.53 Å². The summed E-state index contributed by atoms with van der Waals surface area (Å²) in [5.74, 6) is -0.0109. The summed E-state index contributed by atoms with van der Waals surface area (Å²) < 4.78 is 5.49. The maximum Gasteiger partial charge on any atom is 0.272 e. The van der Waals surface area contributed by atoms with Gasteiger partial charge in [-0.3, -0.25) is 9.78 Å².